The molecule has 0 aliphatic heterocycles. The van der Waals surface area contributed by atoms with E-state index in [4.69, 9.17) is 4.98 Å². The third-order valence-electron chi connectivity index (χ3n) is 6.21. The molecule has 5 rings (SSSR count). The van der Waals surface area contributed by atoms with Crippen molar-refractivity contribution in [1.29, 1.82) is 0 Å². The number of hydrogen-bond acceptors (Lipinski definition) is 6. The highest BCUT2D eigenvalue weighted by Gasteiger charge is 2.27. The molecule has 0 saturated heterocycles. The number of hydrogen-bond donors (Lipinski definition) is 2. The largest absolute Gasteiger partial charge is 0.344 e. The molecule has 1 aromatic carbocycles. The number of nitrogens with zero attached hydrogens (tertiary/aromatic N) is 4. The highest BCUT2D eigenvalue weighted by Crippen LogP contribution is 2.28. The lowest BCUT2D eigenvalue weighted by molar-refractivity contribution is 0.0854. The fourth-order valence-electron chi connectivity index (χ4n) is 4.01. The van der Waals surface area contributed by atoms with Gasteiger partial charge in [-0.05, 0) is 34.0 Å². The van der Waals surface area contributed by atoms with Crippen LogP contribution in [0.2, 0.25) is 0 Å². The maximum absolute atomic E-state index is 12.6. The summed E-state index contributed by atoms with van der Waals surface area (Å²) < 4.78 is 0.627. The minimum absolute atomic E-state index is 0.0613. The van der Waals surface area contributed by atoms with Crippen molar-refractivity contribution in [3.8, 4) is 11.3 Å². The van der Waals surface area contributed by atoms with E-state index in [0.717, 1.165) is 17.7 Å². The minimum atomic E-state index is -0.449. The SMILES string of the molecule is CC(C)(C)C(=O)c1c[nH]c2ncc(Br)nc12.CCc1cccc(-c2cnc3[nH]cc(C(=O)C(C)(C)C)c3n2)c1. The van der Waals surface area contributed by atoms with Crippen molar-refractivity contribution in [3.63, 3.8) is 0 Å². The maximum atomic E-state index is 12.6. The molecular weight excluding hydrogens is 556 g/mol. The number of carbonyl (C=O) groups is 2. The van der Waals surface area contributed by atoms with Crippen molar-refractivity contribution in [2.24, 2.45) is 10.8 Å². The van der Waals surface area contributed by atoms with E-state index in [-0.39, 0.29) is 11.6 Å². The molecule has 0 bridgehead atoms. The lowest BCUT2D eigenvalue weighted by Crippen LogP contribution is -2.20. The van der Waals surface area contributed by atoms with E-state index in [1.807, 2.05) is 53.7 Å². The van der Waals surface area contributed by atoms with Gasteiger partial charge in [0.25, 0.3) is 0 Å². The predicted octanol–water partition coefficient (Wildman–Crippen LogP) is 7.37. The summed E-state index contributed by atoms with van der Waals surface area (Å²) in [6, 6.07) is 8.26. The Balaban J connectivity index is 0.000000193. The molecule has 0 unspecified atom stereocenters. The van der Waals surface area contributed by atoms with Gasteiger partial charge in [0.15, 0.2) is 22.9 Å². The topological polar surface area (TPSA) is 117 Å². The van der Waals surface area contributed by atoms with Crippen LogP contribution < -0.4 is 0 Å². The van der Waals surface area contributed by atoms with Crippen LogP contribution in [-0.4, -0.2) is 41.5 Å². The number of H-pyrrole nitrogens is 2. The Kier molecular flexibility index (Phi) is 7.84. The van der Waals surface area contributed by atoms with Crippen LogP contribution in [-0.2, 0) is 6.42 Å². The van der Waals surface area contributed by atoms with Gasteiger partial charge in [-0.2, -0.15) is 0 Å². The average Bonchev–Trinajstić information content (AvgIpc) is 3.50. The second kappa shape index (κ2) is 10.8. The average molecular weight is 590 g/mol. The molecular formula is C30H33BrN6O2. The normalized spacial score (nSPS) is 11.9. The van der Waals surface area contributed by atoms with Gasteiger partial charge in [0.1, 0.15) is 15.6 Å². The number of halogens is 1. The van der Waals surface area contributed by atoms with E-state index < -0.39 is 10.8 Å². The molecule has 8 nitrogen and oxygen atoms in total. The van der Waals surface area contributed by atoms with E-state index in [0.29, 0.717) is 38.1 Å². The molecule has 4 aromatic heterocycles. The van der Waals surface area contributed by atoms with E-state index in [1.54, 1.807) is 24.8 Å². The van der Waals surface area contributed by atoms with Crippen molar-refractivity contribution in [2.45, 2.75) is 54.9 Å². The molecule has 0 aliphatic rings. The molecule has 5 aromatic rings. The first-order valence-electron chi connectivity index (χ1n) is 12.8. The first kappa shape index (κ1) is 28.3. The number of carbonyl (C=O) groups excluding carboxylic acids is 2. The van der Waals surface area contributed by atoms with E-state index in [9.17, 15) is 9.59 Å². The summed E-state index contributed by atoms with van der Waals surface area (Å²) in [6.45, 7) is 13.5. The Hall–Kier alpha value is -3.72. The number of rotatable bonds is 4. The molecule has 202 valence electrons. The number of fused-ring (bicyclic) bond motifs is 2. The molecule has 0 radical (unpaired) electrons. The molecule has 9 heteroatoms. The monoisotopic (exact) mass is 588 g/mol. The summed E-state index contributed by atoms with van der Waals surface area (Å²) in [6.07, 6.45) is 7.71. The molecule has 0 fully saturated rings. The number of Topliss-reactive ketones (excluding diaryl/α,β-unsaturated/α-hetero) is 2. The second-order valence-electron chi connectivity index (χ2n) is 11.5. The quantitative estimate of drug-likeness (QED) is 0.212. The van der Waals surface area contributed by atoms with E-state index in [2.05, 4.69) is 59.9 Å². The van der Waals surface area contributed by atoms with Gasteiger partial charge < -0.3 is 9.97 Å². The number of aromatic amines is 2. The zero-order chi connectivity index (χ0) is 28.5. The molecule has 0 spiro atoms. The zero-order valence-corrected chi connectivity index (χ0v) is 24.9. The fraction of sp³-hybridized carbons (Fsp3) is 0.333. The Morgan fingerprint density at radius 2 is 1.36 bits per heavy atom. The Morgan fingerprint density at radius 1 is 0.821 bits per heavy atom. The Labute approximate surface area is 236 Å². The summed E-state index contributed by atoms with van der Waals surface area (Å²) in [7, 11) is 0. The summed E-state index contributed by atoms with van der Waals surface area (Å²) in [5, 5.41) is 0. The van der Waals surface area contributed by atoms with Crippen molar-refractivity contribution < 1.29 is 9.59 Å². The molecule has 0 aliphatic carbocycles. The summed E-state index contributed by atoms with van der Waals surface area (Å²) in [5.74, 6) is 0.128. The first-order valence-corrected chi connectivity index (χ1v) is 13.6. The highest BCUT2D eigenvalue weighted by atomic mass is 79.9. The Morgan fingerprint density at radius 3 is 1.90 bits per heavy atom. The fourth-order valence-corrected chi connectivity index (χ4v) is 4.28. The van der Waals surface area contributed by atoms with E-state index >= 15 is 0 Å². The van der Waals surface area contributed by atoms with Gasteiger partial charge in [0, 0.05) is 28.8 Å². The van der Waals surface area contributed by atoms with Crippen LogP contribution in [0, 0.1) is 10.8 Å². The van der Waals surface area contributed by atoms with Crippen molar-refractivity contribution in [1.82, 2.24) is 29.9 Å². The van der Waals surface area contributed by atoms with Crippen LogP contribution in [0.1, 0.15) is 74.7 Å². The Bertz CT molecular complexity index is 1670. The maximum Gasteiger partial charge on any atom is 0.171 e. The van der Waals surface area contributed by atoms with Gasteiger partial charge in [0.2, 0.25) is 0 Å². The van der Waals surface area contributed by atoms with Crippen molar-refractivity contribution in [3.05, 3.63) is 70.3 Å². The number of ketones is 2. The molecule has 0 amide bonds. The third-order valence-corrected chi connectivity index (χ3v) is 6.60. The summed E-state index contributed by atoms with van der Waals surface area (Å²) in [5.41, 5.74) is 5.94. The molecule has 0 atom stereocenters. The zero-order valence-electron chi connectivity index (χ0n) is 23.3. The van der Waals surface area contributed by atoms with Crippen molar-refractivity contribution >= 4 is 49.8 Å². The lowest BCUT2D eigenvalue weighted by atomic mass is 9.87. The van der Waals surface area contributed by atoms with Crippen molar-refractivity contribution in [2.75, 3.05) is 0 Å². The van der Waals surface area contributed by atoms with Crippen LogP contribution in [0.3, 0.4) is 0 Å². The van der Waals surface area contributed by atoms with Gasteiger partial charge in [-0.3, -0.25) is 9.59 Å². The van der Waals surface area contributed by atoms with Crippen LogP contribution in [0.25, 0.3) is 33.6 Å². The van der Waals surface area contributed by atoms with Gasteiger partial charge in [-0.1, -0.05) is 66.7 Å². The standard InChI is InChI=1S/C19H21N3O.C11H12BrN3O/c1-5-12-7-6-8-13(9-12)15-11-21-18-16(22-15)14(10-20-18)17(23)19(2,3)4;1-11(2,3)9(16)6-4-13-10-8(6)15-7(12)5-14-10/h6-11H,5H2,1-4H3,(H,20,21);4-5H,1-3H3,(H,13,14). The van der Waals surface area contributed by atoms with Crippen LogP contribution in [0.5, 0.6) is 0 Å². The van der Waals surface area contributed by atoms with Crippen LogP contribution >= 0.6 is 15.9 Å². The second-order valence-corrected chi connectivity index (χ2v) is 12.3. The predicted molar refractivity (Wildman–Crippen MR) is 158 cm³/mol. The highest BCUT2D eigenvalue weighted by molar-refractivity contribution is 9.10. The molecule has 39 heavy (non-hydrogen) atoms. The van der Waals surface area contributed by atoms with Gasteiger partial charge >= 0.3 is 0 Å². The van der Waals surface area contributed by atoms with Crippen LogP contribution in [0.15, 0.2) is 53.7 Å². The smallest absolute Gasteiger partial charge is 0.171 e. The molecule has 0 saturated carbocycles. The van der Waals surface area contributed by atoms with E-state index in [1.165, 1.54) is 5.56 Å². The van der Waals surface area contributed by atoms with Crippen LogP contribution in [0.4, 0.5) is 0 Å². The minimum Gasteiger partial charge on any atom is -0.344 e. The van der Waals surface area contributed by atoms with Gasteiger partial charge in [0.05, 0.1) is 29.2 Å². The van der Waals surface area contributed by atoms with Gasteiger partial charge in [-0.15, -0.1) is 0 Å². The summed E-state index contributed by atoms with van der Waals surface area (Å²) in [4.78, 5) is 48.3. The first-order chi connectivity index (χ1) is 18.3. The number of aryl methyl sites for hydroxylation is 1. The third kappa shape index (κ3) is 6.14. The lowest BCUT2D eigenvalue weighted by Gasteiger charge is -2.15. The number of nitrogens with one attached hydrogen (secondary N) is 2. The molecule has 4 heterocycles. The number of benzene rings is 1. The van der Waals surface area contributed by atoms with Gasteiger partial charge in [-0.25, -0.2) is 19.9 Å². The molecule has 2 N–H and O–H groups in total. The summed E-state index contributed by atoms with van der Waals surface area (Å²) >= 11 is 3.25. The number of aromatic nitrogens is 6.